The van der Waals surface area contributed by atoms with Crippen LogP contribution in [0.2, 0.25) is 0 Å². The second-order valence-electron chi connectivity index (χ2n) is 5.73. The molecule has 1 aromatic heterocycles. The zero-order valence-electron chi connectivity index (χ0n) is 12.8. The van der Waals surface area contributed by atoms with Gasteiger partial charge >= 0.3 is 5.97 Å². The van der Waals surface area contributed by atoms with Crippen molar-refractivity contribution in [2.75, 3.05) is 7.11 Å². The summed E-state index contributed by atoms with van der Waals surface area (Å²) in [5.41, 5.74) is 7.83. The van der Waals surface area contributed by atoms with Gasteiger partial charge in [-0.05, 0) is 25.5 Å². The quantitative estimate of drug-likeness (QED) is 0.679. The molecule has 4 heteroatoms. The highest BCUT2D eigenvalue weighted by Gasteiger charge is 2.22. The molecule has 2 rings (SSSR count). The molecular formula is C17H22N2O2. The molecule has 1 aromatic carbocycles. The second kappa shape index (κ2) is 5.74. The summed E-state index contributed by atoms with van der Waals surface area (Å²) in [4.78, 5) is 11.5. The van der Waals surface area contributed by atoms with Crippen molar-refractivity contribution in [3.8, 4) is 0 Å². The van der Waals surface area contributed by atoms with E-state index in [0.29, 0.717) is 6.42 Å². The molecule has 0 saturated heterocycles. The first kappa shape index (κ1) is 15.3. The number of fused-ring (bicyclic) bond motifs is 1. The lowest BCUT2D eigenvalue weighted by atomic mass is 10.1. The van der Waals surface area contributed by atoms with Gasteiger partial charge in [-0.25, -0.2) is 0 Å². The van der Waals surface area contributed by atoms with E-state index in [1.807, 2.05) is 24.3 Å². The van der Waals surface area contributed by atoms with E-state index in [1.54, 1.807) is 0 Å². The van der Waals surface area contributed by atoms with Gasteiger partial charge in [-0.15, -0.1) is 6.58 Å². The summed E-state index contributed by atoms with van der Waals surface area (Å²) >= 11 is 0. The predicted octanol–water partition coefficient (Wildman–Crippen LogP) is 2.61. The Balaban J connectivity index is 2.51. The molecule has 1 atom stereocenters. The first-order chi connectivity index (χ1) is 9.90. The number of para-hydroxylation sites is 1. The Morgan fingerprint density at radius 3 is 2.76 bits per heavy atom. The van der Waals surface area contributed by atoms with Gasteiger partial charge in [0.2, 0.25) is 0 Å². The lowest BCUT2D eigenvalue weighted by Crippen LogP contribution is -2.33. The van der Waals surface area contributed by atoms with Crippen LogP contribution in [-0.4, -0.2) is 23.7 Å². The number of benzene rings is 1. The lowest BCUT2D eigenvalue weighted by Gasteiger charge is -2.23. The zero-order chi connectivity index (χ0) is 15.6. The molecule has 0 spiro atoms. The number of nitrogens with two attached hydrogens (primary N) is 1. The van der Waals surface area contributed by atoms with E-state index in [9.17, 15) is 4.79 Å². The maximum absolute atomic E-state index is 11.5. The molecule has 1 heterocycles. The van der Waals surface area contributed by atoms with Gasteiger partial charge in [-0.1, -0.05) is 24.3 Å². The van der Waals surface area contributed by atoms with Gasteiger partial charge in [0.25, 0.3) is 0 Å². The van der Waals surface area contributed by atoms with Crippen LogP contribution in [0.4, 0.5) is 0 Å². The molecule has 112 valence electrons. The average Bonchev–Trinajstić information content (AvgIpc) is 2.86. The predicted molar refractivity (Wildman–Crippen MR) is 85.2 cm³/mol. The summed E-state index contributed by atoms with van der Waals surface area (Å²) in [5.74, 6) is -0.394. The number of hydrogen-bond acceptors (Lipinski definition) is 3. The molecule has 2 aromatic rings. The van der Waals surface area contributed by atoms with Crippen LogP contribution in [0.5, 0.6) is 0 Å². The number of nitrogens with zero attached hydrogens (tertiary/aromatic N) is 1. The minimum Gasteiger partial charge on any atom is -0.468 e. The fraction of sp³-hybridized carbons (Fsp3) is 0.353. The van der Waals surface area contributed by atoms with Gasteiger partial charge in [0.05, 0.1) is 12.6 Å². The normalized spacial score (nSPS) is 13.1. The van der Waals surface area contributed by atoms with Gasteiger partial charge in [-0.3, -0.25) is 4.79 Å². The number of hydrogen-bond donors (Lipinski definition) is 1. The second-order valence-corrected chi connectivity index (χ2v) is 5.73. The van der Waals surface area contributed by atoms with E-state index in [-0.39, 0.29) is 5.54 Å². The van der Waals surface area contributed by atoms with Crippen molar-refractivity contribution in [3.63, 3.8) is 0 Å². The third kappa shape index (κ3) is 2.85. The zero-order valence-corrected chi connectivity index (χ0v) is 12.8. The number of methoxy groups -OCH3 is 1. The third-order valence-corrected chi connectivity index (χ3v) is 3.86. The minimum atomic E-state index is -0.652. The summed E-state index contributed by atoms with van der Waals surface area (Å²) in [5, 5.41) is 1.10. The maximum atomic E-state index is 11.5. The third-order valence-electron chi connectivity index (χ3n) is 3.86. The molecule has 4 nitrogen and oxygen atoms in total. The van der Waals surface area contributed by atoms with Crippen molar-refractivity contribution in [2.45, 2.75) is 31.8 Å². The average molecular weight is 286 g/mol. The molecule has 0 aliphatic rings. The van der Waals surface area contributed by atoms with E-state index in [1.165, 1.54) is 7.11 Å². The number of ether oxygens (including phenoxy) is 1. The maximum Gasteiger partial charge on any atom is 0.322 e. The Morgan fingerprint density at radius 1 is 1.48 bits per heavy atom. The molecule has 0 fully saturated rings. The van der Waals surface area contributed by atoms with Gasteiger partial charge in [0.1, 0.15) is 6.04 Å². The first-order valence-electron chi connectivity index (χ1n) is 6.97. The number of carbonyl (C=O) groups is 1. The van der Waals surface area contributed by atoms with E-state index >= 15 is 0 Å². The molecule has 0 aliphatic carbocycles. The first-order valence-corrected chi connectivity index (χ1v) is 6.97. The van der Waals surface area contributed by atoms with E-state index in [4.69, 9.17) is 10.5 Å². The molecule has 0 saturated carbocycles. The van der Waals surface area contributed by atoms with E-state index < -0.39 is 12.0 Å². The van der Waals surface area contributed by atoms with Crippen LogP contribution < -0.4 is 5.73 Å². The Bertz CT molecular complexity index is 670. The van der Waals surface area contributed by atoms with Crippen LogP contribution in [-0.2, 0) is 21.5 Å². The summed E-state index contributed by atoms with van der Waals surface area (Å²) in [6.07, 6.45) is 4.41. The molecule has 0 aliphatic heterocycles. The van der Waals surface area contributed by atoms with Crippen molar-refractivity contribution in [1.82, 2.24) is 4.57 Å². The van der Waals surface area contributed by atoms with Gasteiger partial charge in [0, 0.05) is 23.5 Å². The highest BCUT2D eigenvalue weighted by Crippen LogP contribution is 2.29. The minimum absolute atomic E-state index is 0.215. The van der Waals surface area contributed by atoms with Gasteiger partial charge in [-0.2, -0.15) is 0 Å². The smallest absolute Gasteiger partial charge is 0.322 e. The lowest BCUT2D eigenvalue weighted by molar-refractivity contribution is -0.142. The molecule has 1 unspecified atom stereocenters. The molecule has 2 N–H and O–H groups in total. The molecule has 0 radical (unpaired) electrons. The molecule has 21 heavy (non-hydrogen) atoms. The van der Waals surface area contributed by atoms with Crippen molar-refractivity contribution >= 4 is 16.9 Å². The van der Waals surface area contributed by atoms with Gasteiger partial charge in [0.15, 0.2) is 0 Å². The topological polar surface area (TPSA) is 57.2 Å². The van der Waals surface area contributed by atoms with Gasteiger partial charge < -0.3 is 15.0 Å². The van der Waals surface area contributed by atoms with Crippen LogP contribution in [0.15, 0.2) is 43.1 Å². The highest BCUT2D eigenvalue weighted by atomic mass is 16.5. The van der Waals surface area contributed by atoms with Crippen LogP contribution in [0, 0.1) is 0 Å². The van der Waals surface area contributed by atoms with Crippen LogP contribution >= 0.6 is 0 Å². The summed E-state index contributed by atoms with van der Waals surface area (Å²) in [6.45, 7) is 8.10. The molecule has 0 amide bonds. The SMILES string of the molecule is C=CC(C)(C)n1cc(CC(N)C(=O)OC)c2ccccc21. The number of carbonyl (C=O) groups excluding carboxylic acids is 1. The number of allylic oxidation sites excluding steroid dienone is 1. The Hall–Kier alpha value is -2.07. The van der Waals surface area contributed by atoms with Crippen molar-refractivity contribution in [1.29, 1.82) is 0 Å². The summed E-state index contributed by atoms with van der Waals surface area (Å²) in [7, 11) is 1.35. The van der Waals surface area contributed by atoms with Crippen LogP contribution in [0.1, 0.15) is 19.4 Å². The largest absolute Gasteiger partial charge is 0.468 e. The standard InChI is InChI=1S/C17H22N2O2/c1-5-17(2,3)19-11-12(10-14(18)16(20)21-4)13-8-6-7-9-15(13)19/h5-9,11,14H,1,10,18H2,2-4H3. The Kier molecular flexibility index (Phi) is 4.19. The molecular weight excluding hydrogens is 264 g/mol. The fourth-order valence-electron chi connectivity index (χ4n) is 2.46. The van der Waals surface area contributed by atoms with Crippen LogP contribution in [0.3, 0.4) is 0 Å². The van der Waals surface area contributed by atoms with Crippen molar-refractivity contribution < 1.29 is 9.53 Å². The number of aromatic nitrogens is 1. The summed E-state index contributed by atoms with van der Waals surface area (Å²) < 4.78 is 6.87. The van der Waals surface area contributed by atoms with E-state index in [2.05, 4.69) is 37.3 Å². The number of rotatable bonds is 5. The summed E-state index contributed by atoms with van der Waals surface area (Å²) in [6, 6.07) is 7.45. The van der Waals surface area contributed by atoms with Crippen LogP contribution in [0.25, 0.3) is 10.9 Å². The van der Waals surface area contributed by atoms with E-state index in [0.717, 1.165) is 16.5 Å². The highest BCUT2D eigenvalue weighted by molar-refractivity contribution is 5.85. The van der Waals surface area contributed by atoms with Crippen molar-refractivity contribution in [2.24, 2.45) is 5.73 Å². The Morgan fingerprint density at radius 2 is 2.14 bits per heavy atom. The fourth-order valence-corrected chi connectivity index (χ4v) is 2.46. The van der Waals surface area contributed by atoms with Crippen molar-refractivity contribution in [3.05, 3.63) is 48.7 Å². The molecule has 0 bridgehead atoms. The number of esters is 1. The Labute approximate surface area is 125 Å². The monoisotopic (exact) mass is 286 g/mol.